The molecule has 0 heterocycles. The zero-order chi connectivity index (χ0) is 14.3. The standard InChI is InChI=1S/C11H15N3O4S/c1-11(5-2-6-11)13-19(17,18)10-4-3-8(12)7-9(10)14(15)16/h3-4,7,13H,2,5-6,12H2,1H3. The van der Waals surface area contributed by atoms with E-state index in [1.165, 1.54) is 6.07 Å². The molecule has 1 fully saturated rings. The molecule has 0 aromatic heterocycles. The average molecular weight is 285 g/mol. The lowest BCUT2D eigenvalue weighted by atomic mass is 9.80. The smallest absolute Gasteiger partial charge is 0.291 e. The summed E-state index contributed by atoms with van der Waals surface area (Å²) in [7, 11) is -3.92. The van der Waals surface area contributed by atoms with E-state index in [1.807, 2.05) is 0 Å². The van der Waals surface area contributed by atoms with E-state index in [2.05, 4.69) is 4.72 Å². The lowest BCUT2D eigenvalue weighted by molar-refractivity contribution is -0.387. The van der Waals surface area contributed by atoms with Gasteiger partial charge in [-0.3, -0.25) is 10.1 Å². The maximum Gasteiger partial charge on any atom is 0.291 e. The van der Waals surface area contributed by atoms with Crippen molar-refractivity contribution in [2.75, 3.05) is 5.73 Å². The molecule has 1 aliphatic rings. The predicted octanol–water partition coefficient (Wildman–Crippen LogP) is 1.40. The second kappa shape index (κ2) is 4.46. The van der Waals surface area contributed by atoms with E-state index in [-0.39, 0.29) is 10.6 Å². The van der Waals surface area contributed by atoms with Gasteiger partial charge in [-0.2, -0.15) is 0 Å². The Kier molecular flexibility index (Phi) is 3.23. The van der Waals surface area contributed by atoms with Crippen molar-refractivity contribution in [2.24, 2.45) is 0 Å². The molecule has 1 aliphatic carbocycles. The van der Waals surface area contributed by atoms with E-state index in [0.717, 1.165) is 31.4 Å². The van der Waals surface area contributed by atoms with Gasteiger partial charge in [-0.25, -0.2) is 13.1 Å². The van der Waals surface area contributed by atoms with Gasteiger partial charge >= 0.3 is 0 Å². The van der Waals surface area contributed by atoms with E-state index in [0.29, 0.717) is 0 Å². The first kappa shape index (κ1) is 13.8. The molecule has 2 rings (SSSR count). The minimum atomic E-state index is -3.92. The molecule has 7 nitrogen and oxygen atoms in total. The number of hydrogen-bond acceptors (Lipinski definition) is 5. The molecule has 8 heteroatoms. The fourth-order valence-electron chi connectivity index (χ4n) is 2.09. The molecule has 3 N–H and O–H groups in total. The van der Waals surface area contributed by atoms with Gasteiger partial charge in [0.1, 0.15) is 0 Å². The summed E-state index contributed by atoms with van der Waals surface area (Å²) in [5.74, 6) is 0. The van der Waals surface area contributed by atoms with Gasteiger partial charge in [0.25, 0.3) is 5.69 Å². The first-order valence-corrected chi connectivity index (χ1v) is 7.30. The Morgan fingerprint density at radius 1 is 1.42 bits per heavy atom. The normalized spacial score (nSPS) is 17.7. The molecular weight excluding hydrogens is 270 g/mol. The summed E-state index contributed by atoms with van der Waals surface area (Å²) < 4.78 is 27.0. The number of anilines is 1. The molecular formula is C11H15N3O4S. The first-order chi connectivity index (χ1) is 8.73. The number of nitro benzene ring substituents is 1. The quantitative estimate of drug-likeness (QED) is 0.493. The van der Waals surface area contributed by atoms with E-state index < -0.39 is 26.2 Å². The van der Waals surface area contributed by atoms with Crippen molar-refractivity contribution in [3.8, 4) is 0 Å². The number of hydrogen-bond donors (Lipinski definition) is 2. The fourth-order valence-corrected chi connectivity index (χ4v) is 3.71. The fraction of sp³-hybridized carbons (Fsp3) is 0.455. The van der Waals surface area contributed by atoms with Gasteiger partial charge in [-0.05, 0) is 38.3 Å². The molecule has 1 saturated carbocycles. The SMILES string of the molecule is CC1(NS(=O)(=O)c2ccc(N)cc2[N+](=O)[O-])CCC1. The predicted molar refractivity (Wildman–Crippen MR) is 70.1 cm³/mol. The van der Waals surface area contributed by atoms with Crippen molar-refractivity contribution >= 4 is 21.4 Å². The van der Waals surface area contributed by atoms with Crippen LogP contribution in [0.25, 0.3) is 0 Å². The van der Waals surface area contributed by atoms with Gasteiger partial charge in [-0.15, -0.1) is 0 Å². The van der Waals surface area contributed by atoms with Gasteiger partial charge in [0.15, 0.2) is 4.90 Å². The number of nitrogen functional groups attached to an aromatic ring is 1. The Morgan fingerprint density at radius 2 is 2.05 bits per heavy atom. The molecule has 0 aliphatic heterocycles. The molecule has 0 spiro atoms. The summed E-state index contributed by atoms with van der Waals surface area (Å²) in [4.78, 5) is 9.84. The van der Waals surface area contributed by atoms with Crippen LogP contribution in [0.3, 0.4) is 0 Å². The zero-order valence-electron chi connectivity index (χ0n) is 10.4. The molecule has 0 radical (unpaired) electrons. The molecule has 1 aromatic rings. The van der Waals surface area contributed by atoms with Crippen molar-refractivity contribution < 1.29 is 13.3 Å². The number of nitrogens with zero attached hydrogens (tertiary/aromatic N) is 1. The largest absolute Gasteiger partial charge is 0.399 e. The van der Waals surface area contributed by atoms with Crippen LogP contribution in [0.4, 0.5) is 11.4 Å². The van der Waals surface area contributed by atoms with Crippen molar-refractivity contribution in [3.05, 3.63) is 28.3 Å². The van der Waals surface area contributed by atoms with Crippen LogP contribution in [-0.2, 0) is 10.0 Å². The Hall–Kier alpha value is -1.67. The summed E-state index contributed by atoms with van der Waals surface area (Å²) >= 11 is 0. The van der Waals surface area contributed by atoms with E-state index in [1.54, 1.807) is 6.92 Å². The highest BCUT2D eigenvalue weighted by Crippen LogP contribution is 2.34. The van der Waals surface area contributed by atoms with E-state index in [9.17, 15) is 18.5 Å². The molecule has 104 valence electrons. The lowest BCUT2D eigenvalue weighted by Gasteiger charge is -2.38. The Morgan fingerprint density at radius 3 is 2.53 bits per heavy atom. The number of nitrogens with one attached hydrogen (secondary N) is 1. The third-order valence-electron chi connectivity index (χ3n) is 3.31. The van der Waals surface area contributed by atoms with Gasteiger partial charge in [-0.1, -0.05) is 0 Å². The van der Waals surface area contributed by atoms with Crippen LogP contribution in [0.5, 0.6) is 0 Å². The van der Waals surface area contributed by atoms with Crippen LogP contribution in [0, 0.1) is 10.1 Å². The summed E-state index contributed by atoms with van der Waals surface area (Å²) in [6.45, 7) is 1.79. The van der Waals surface area contributed by atoms with Crippen molar-refractivity contribution in [3.63, 3.8) is 0 Å². The third-order valence-corrected chi connectivity index (χ3v) is 4.99. The van der Waals surface area contributed by atoms with E-state index in [4.69, 9.17) is 5.73 Å². The van der Waals surface area contributed by atoms with Crippen LogP contribution in [-0.4, -0.2) is 18.9 Å². The molecule has 1 aromatic carbocycles. The maximum absolute atomic E-state index is 12.2. The highest BCUT2D eigenvalue weighted by atomic mass is 32.2. The Bertz CT molecular complexity index is 623. The number of benzene rings is 1. The summed E-state index contributed by atoms with van der Waals surface area (Å²) in [6, 6.07) is 3.56. The summed E-state index contributed by atoms with van der Waals surface area (Å²) in [5.41, 5.74) is 4.60. The summed E-state index contributed by atoms with van der Waals surface area (Å²) in [5, 5.41) is 10.9. The van der Waals surface area contributed by atoms with Crippen LogP contribution in [0.15, 0.2) is 23.1 Å². The molecule has 0 bridgehead atoms. The lowest BCUT2D eigenvalue weighted by Crippen LogP contribution is -2.50. The third kappa shape index (κ3) is 2.69. The monoisotopic (exact) mass is 285 g/mol. The second-order valence-corrected chi connectivity index (χ2v) is 6.65. The Balaban J connectivity index is 2.42. The Labute approximate surface area is 111 Å². The van der Waals surface area contributed by atoms with Gasteiger partial charge < -0.3 is 5.73 Å². The topological polar surface area (TPSA) is 115 Å². The average Bonchev–Trinajstić information content (AvgIpc) is 2.25. The van der Waals surface area contributed by atoms with E-state index >= 15 is 0 Å². The van der Waals surface area contributed by atoms with Gasteiger partial charge in [0.2, 0.25) is 10.0 Å². The summed E-state index contributed by atoms with van der Waals surface area (Å²) in [6.07, 6.45) is 2.41. The van der Waals surface area contributed by atoms with Gasteiger partial charge in [0.05, 0.1) is 4.92 Å². The molecule has 19 heavy (non-hydrogen) atoms. The number of sulfonamides is 1. The second-order valence-electron chi connectivity index (χ2n) is 5.00. The number of rotatable bonds is 4. The number of nitrogens with two attached hydrogens (primary N) is 1. The highest BCUT2D eigenvalue weighted by molar-refractivity contribution is 7.89. The van der Waals surface area contributed by atoms with Crippen LogP contribution in [0.2, 0.25) is 0 Å². The van der Waals surface area contributed by atoms with Gasteiger partial charge in [0, 0.05) is 17.3 Å². The van der Waals surface area contributed by atoms with Crippen LogP contribution >= 0.6 is 0 Å². The molecule has 0 atom stereocenters. The molecule has 0 saturated heterocycles. The maximum atomic E-state index is 12.2. The van der Waals surface area contributed by atoms with Crippen molar-refractivity contribution in [1.82, 2.24) is 4.72 Å². The minimum Gasteiger partial charge on any atom is -0.399 e. The molecule has 0 amide bonds. The molecule has 0 unspecified atom stereocenters. The first-order valence-electron chi connectivity index (χ1n) is 5.81. The van der Waals surface area contributed by atoms with Crippen molar-refractivity contribution in [1.29, 1.82) is 0 Å². The van der Waals surface area contributed by atoms with Crippen LogP contribution in [0.1, 0.15) is 26.2 Å². The van der Waals surface area contributed by atoms with Crippen molar-refractivity contribution in [2.45, 2.75) is 36.6 Å². The highest BCUT2D eigenvalue weighted by Gasteiger charge is 2.38. The zero-order valence-corrected chi connectivity index (χ0v) is 11.2. The number of nitro groups is 1. The minimum absolute atomic E-state index is 0.153. The van der Waals surface area contributed by atoms with Crippen LogP contribution < -0.4 is 10.5 Å².